The van der Waals surface area contributed by atoms with E-state index in [1.807, 2.05) is 6.07 Å². The molecule has 10 heteroatoms. The Morgan fingerprint density at radius 2 is 2.07 bits per heavy atom. The fourth-order valence-corrected chi connectivity index (χ4v) is 3.13. The van der Waals surface area contributed by atoms with Crippen LogP contribution in [0.5, 0.6) is 0 Å². The molecule has 0 unspecified atom stereocenters. The van der Waals surface area contributed by atoms with E-state index in [-0.39, 0.29) is 17.1 Å². The molecule has 10 nitrogen and oxygen atoms in total. The van der Waals surface area contributed by atoms with Gasteiger partial charge in [0.1, 0.15) is 12.1 Å². The van der Waals surface area contributed by atoms with Crippen LogP contribution in [0.15, 0.2) is 35.2 Å². The summed E-state index contributed by atoms with van der Waals surface area (Å²) in [6.07, 6.45) is 6.75. The zero-order chi connectivity index (χ0) is 19.7. The Morgan fingerprint density at radius 1 is 1.29 bits per heavy atom. The fourth-order valence-electron chi connectivity index (χ4n) is 3.13. The third kappa shape index (κ3) is 3.43. The highest BCUT2D eigenvalue weighted by atomic mass is 16.3. The Labute approximate surface area is 160 Å². The molecule has 0 aromatic carbocycles. The molecular weight excluding hydrogens is 362 g/mol. The minimum absolute atomic E-state index is 0.0241. The topological polar surface area (TPSA) is 132 Å². The number of nitrogens with one attached hydrogen (secondary N) is 1. The molecule has 0 radical (unpaired) electrons. The molecular formula is C18H19N7O3. The lowest BCUT2D eigenvalue weighted by atomic mass is 10.2. The van der Waals surface area contributed by atoms with Crippen molar-refractivity contribution in [3.8, 4) is 11.5 Å². The van der Waals surface area contributed by atoms with Crippen molar-refractivity contribution in [1.29, 1.82) is 0 Å². The zero-order valence-electron chi connectivity index (χ0n) is 15.3. The smallest absolute Gasteiger partial charge is 0.277 e. The van der Waals surface area contributed by atoms with Gasteiger partial charge in [-0.25, -0.2) is 9.97 Å². The predicted octanol–water partition coefficient (Wildman–Crippen LogP) is 1.42. The molecule has 28 heavy (non-hydrogen) atoms. The number of nitrogens with zero attached hydrogens (tertiary/aromatic N) is 5. The second-order valence-electron chi connectivity index (χ2n) is 6.52. The normalized spacial score (nSPS) is 13.7. The third-order valence-corrected chi connectivity index (χ3v) is 4.47. The maximum absolute atomic E-state index is 12.5. The summed E-state index contributed by atoms with van der Waals surface area (Å²) >= 11 is 0. The van der Waals surface area contributed by atoms with E-state index in [1.165, 1.54) is 17.1 Å². The molecule has 144 valence electrons. The summed E-state index contributed by atoms with van der Waals surface area (Å²) in [6.45, 7) is 1.95. The molecule has 3 aromatic rings. The van der Waals surface area contributed by atoms with Crippen LogP contribution in [0.2, 0.25) is 0 Å². The largest absolute Gasteiger partial charge is 0.444 e. The van der Waals surface area contributed by atoms with E-state index < -0.39 is 11.8 Å². The average molecular weight is 381 g/mol. The summed E-state index contributed by atoms with van der Waals surface area (Å²) in [7, 11) is 1.62. The molecule has 3 N–H and O–H groups in total. The number of hydrogen-bond donors (Lipinski definition) is 2. The maximum atomic E-state index is 12.5. The molecule has 3 aromatic heterocycles. The van der Waals surface area contributed by atoms with Gasteiger partial charge in [0.15, 0.2) is 11.4 Å². The first kappa shape index (κ1) is 17.7. The second kappa shape index (κ2) is 7.14. The highest BCUT2D eigenvalue weighted by Crippen LogP contribution is 2.25. The summed E-state index contributed by atoms with van der Waals surface area (Å²) in [4.78, 5) is 34.8. The predicted molar refractivity (Wildman–Crippen MR) is 101 cm³/mol. The van der Waals surface area contributed by atoms with Crippen LogP contribution >= 0.6 is 0 Å². The number of nitrogens with two attached hydrogens (primary N) is 1. The number of aryl methyl sites for hydroxylation is 1. The van der Waals surface area contributed by atoms with E-state index in [2.05, 4.69) is 25.3 Å². The summed E-state index contributed by atoms with van der Waals surface area (Å²) in [5.41, 5.74) is 6.28. The number of carbonyl (C=O) groups is 2. The second-order valence-corrected chi connectivity index (χ2v) is 6.52. The van der Waals surface area contributed by atoms with Crippen LogP contribution in [0, 0.1) is 0 Å². The average Bonchev–Trinajstić information content (AvgIpc) is 3.42. The lowest BCUT2D eigenvalue weighted by Gasteiger charge is -2.16. The Morgan fingerprint density at radius 3 is 2.82 bits per heavy atom. The van der Waals surface area contributed by atoms with Crippen LogP contribution < -0.4 is 16.0 Å². The molecule has 1 saturated heterocycles. The van der Waals surface area contributed by atoms with E-state index in [0.717, 1.165) is 37.3 Å². The molecule has 0 aliphatic carbocycles. The van der Waals surface area contributed by atoms with E-state index in [0.29, 0.717) is 5.89 Å². The number of pyridine rings is 1. The molecule has 4 rings (SSSR count). The molecule has 1 aliphatic rings. The van der Waals surface area contributed by atoms with Gasteiger partial charge in [-0.1, -0.05) is 0 Å². The Kier molecular flexibility index (Phi) is 4.52. The number of amides is 2. The standard InChI is InChI=1S/C18H19N7O3/c1-24-9-12(15(23-24)16(19)26)21-17(27)13-10-28-18(22-13)11-4-5-20-14(8-11)25-6-2-3-7-25/h4-5,8-10H,2-3,6-7H2,1H3,(H2,19,26)(H,21,27). The molecule has 4 heterocycles. The number of primary amides is 1. The molecule has 2 amide bonds. The first-order chi connectivity index (χ1) is 13.5. The number of hydrogen-bond acceptors (Lipinski definition) is 7. The van der Waals surface area contributed by atoms with Gasteiger partial charge >= 0.3 is 0 Å². The number of anilines is 2. The van der Waals surface area contributed by atoms with Crippen LogP contribution in [-0.2, 0) is 7.05 Å². The van der Waals surface area contributed by atoms with Crippen molar-refractivity contribution < 1.29 is 14.0 Å². The van der Waals surface area contributed by atoms with Gasteiger partial charge in [0.25, 0.3) is 11.8 Å². The Hall–Kier alpha value is -3.69. The number of rotatable bonds is 5. The number of oxazole rings is 1. The van der Waals surface area contributed by atoms with Crippen LogP contribution in [0.3, 0.4) is 0 Å². The van der Waals surface area contributed by atoms with Crippen molar-refractivity contribution in [3.63, 3.8) is 0 Å². The Balaban J connectivity index is 1.54. The minimum Gasteiger partial charge on any atom is -0.444 e. The molecule has 0 saturated carbocycles. The van der Waals surface area contributed by atoms with Gasteiger partial charge in [0.2, 0.25) is 5.89 Å². The zero-order valence-corrected chi connectivity index (χ0v) is 15.3. The van der Waals surface area contributed by atoms with E-state index in [1.54, 1.807) is 19.3 Å². The lowest BCUT2D eigenvalue weighted by molar-refractivity contribution is 0.0995. The summed E-state index contributed by atoms with van der Waals surface area (Å²) in [6, 6.07) is 3.67. The van der Waals surface area contributed by atoms with Crippen molar-refractivity contribution in [1.82, 2.24) is 19.7 Å². The van der Waals surface area contributed by atoms with Crippen molar-refractivity contribution in [2.45, 2.75) is 12.8 Å². The molecule has 0 bridgehead atoms. The maximum Gasteiger partial charge on any atom is 0.277 e. The van der Waals surface area contributed by atoms with Crippen LogP contribution in [0.4, 0.5) is 11.5 Å². The van der Waals surface area contributed by atoms with E-state index in [4.69, 9.17) is 10.2 Å². The van der Waals surface area contributed by atoms with Gasteiger partial charge in [0.05, 0.1) is 5.69 Å². The van der Waals surface area contributed by atoms with Gasteiger partial charge in [-0.2, -0.15) is 5.10 Å². The van der Waals surface area contributed by atoms with E-state index in [9.17, 15) is 9.59 Å². The van der Waals surface area contributed by atoms with Crippen molar-refractivity contribution in [2.75, 3.05) is 23.3 Å². The van der Waals surface area contributed by atoms with Gasteiger partial charge in [0, 0.05) is 38.1 Å². The van der Waals surface area contributed by atoms with Crippen LogP contribution in [-0.4, -0.2) is 44.7 Å². The highest BCUT2D eigenvalue weighted by Gasteiger charge is 2.20. The third-order valence-electron chi connectivity index (χ3n) is 4.47. The van der Waals surface area contributed by atoms with Crippen molar-refractivity contribution in [2.24, 2.45) is 12.8 Å². The highest BCUT2D eigenvalue weighted by molar-refractivity contribution is 6.07. The van der Waals surface area contributed by atoms with Gasteiger partial charge in [-0.3, -0.25) is 14.3 Å². The Bertz CT molecular complexity index is 1030. The first-order valence-corrected chi connectivity index (χ1v) is 8.83. The first-order valence-electron chi connectivity index (χ1n) is 8.83. The quantitative estimate of drug-likeness (QED) is 0.683. The molecule has 1 fully saturated rings. The fraction of sp³-hybridized carbons (Fsp3) is 0.278. The van der Waals surface area contributed by atoms with Gasteiger partial charge < -0.3 is 20.4 Å². The summed E-state index contributed by atoms with van der Waals surface area (Å²) in [5, 5.41) is 6.51. The number of carbonyl (C=O) groups excluding carboxylic acids is 2. The van der Waals surface area contributed by atoms with Gasteiger partial charge in [-0.05, 0) is 25.0 Å². The van der Waals surface area contributed by atoms with Crippen molar-refractivity contribution in [3.05, 3.63) is 42.2 Å². The molecule has 0 atom stereocenters. The minimum atomic E-state index is -0.733. The molecule has 1 aliphatic heterocycles. The van der Waals surface area contributed by atoms with Crippen LogP contribution in [0.25, 0.3) is 11.5 Å². The summed E-state index contributed by atoms with van der Waals surface area (Å²) < 4.78 is 6.87. The monoisotopic (exact) mass is 381 g/mol. The lowest BCUT2D eigenvalue weighted by Crippen LogP contribution is -2.18. The number of aromatic nitrogens is 4. The van der Waals surface area contributed by atoms with Crippen LogP contribution in [0.1, 0.15) is 33.8 Å². The van der Waals surface area contributed by atoms with E-state index >= 15 is 0 Å². The van der Waals surface area contributed by atoms with Crippen molar-refractivity contribution >= 4 is 23.3 Å². The van der Waals surface area contributed by atoms with Gasteiger partial charge in [-0.15, -0.1) is 0 Å². The SMILES string of the molecule is Cn1cc(NC(=O)c2coc(-c3ccnc(N4CCCC4)c3)n2)c(C(N)=O)n1. The summed E-state index contributed by atoms with van der Waals surface area (Å²) in [5.74, 6) is -0.0859. The molecule has 0 spiro atoms.